The molecule has 0 bridgehead atoms. The number of thiazole rings is 1. The SMILES string of the molecule is O=C1CN(c2ccc(CCc3cncs3)cc2O)S(=O)(=O)N1. The molecule has 22 heavy (non-hydrogen) atoms. The molecule has 7 nitrogen and oxygen atoms in total. The number of nitrogens with one attached hydrogen (secondary N) is 1. The average Bonchev–Trinajstić information content (AvgIpc) is 3.04. The summed E-state index contributed by atoms with van der Waals surface area (Å²) in [6.45, 7) is -0.323. The van der Waals surface area contributed by atoms with Crippen LogP contribution in [0.25, 0.3) is 0 Å². The summed E-state index contributed by atoms with van der Waals surface area (Å²) >= 11 is 1.56. The Morgan fingerprint density at radius 1 is 1.36 bits per heavy atom. The maximum Gasteiger partial charge on any atom is 0.326 e. The third kappa shape index (κ3) is 2.90. The Hall–Kier alpha value is -2.13. The zero-order chi connectivity index (χ0) is 15.7. The molecule has 1 saturated heterocycles. The van der Waals surface area contributed by atoms with E-state index in [9.17, 15) is 18.3 Å². The van der Waals surface area contributed by atoms with Crippen LogP contribution in [-0.4, -0.2) is 31.0 Å². The second kappa shape index (κ2) is 5.58. The number of rotatable bonds is 4. The molecule has 2 N–H and O–H groups in total. The van der Waals surface area contributed by atoms with E-state index in [0.29, 0.717) is 6.42 Å². The molecule has 116 valence electrons. The molecular formula is C13H13N3O4S2. The van der Waals surface area contributed by atoms with Gasteiger partial charge >= 0.3 is 10.2 Å². The van der Waals surface area contributed by atoms with Gasteiger partial charge in [0.1, 0.15) is 12.3 Å². The lowest BCUT2D eigenvalue weighted by atomic mass is 10.1. The van der Waals surface area contributed by atoms with Crippen LogP contribution in [0.15, 0.2) is 29.9 Å². The van der Waals surface area contributed by atoms with Gasteiger partial charge in [-0.2, -0.15) is 8.42 Å². The molecule has 9 heteroatoms. The number of aromatic hydroxyl groups is 1. The molecule has 0 radical (unpaired) electrons. The van der Waals surface area contributed by atoms with Crippen molar-refractivity contribution in [3.63, 3.8) is 0 Å². The number of nitrogens with zero attached hydrogens (tertiary/aromatic N) is 2. The molecule has 0 aliphatic carbocycles. The van der Waals surface area contributed by atoms with Gasteiger partial charge in [-0.3, -0.25) is 9.78 Å². The fourth-order valence-corrected chi connectivity index (χ4v) is 3.99. The van der Waals surface area contributed by atoms with E-state index in [0.717, 1.165) is 21.2 Å². The number of aryl methyl sites for hydroxylation is 2. The van der Waals surface area contributed by atoms with Crippen molar-refractivity contribution >= 4 is 33.1 Å². The van der Waals surface area contributed by atoms with Crippen molar-refractivity contribution in [2.24, 2.45) is 0 Å². The van der Waals surface area contributed by atoms with E-state index in [1.165, 1.54) is 12.1 Å². The molecule has 1 aromatic carbocycles. The zero-order valence-corrected chi connectivity index (χ0v) is 13.0. The van der Waals surface area contributed by atoms with Gasteiger partial charge in [-0.05, 0) is 30.5 Å². The Labute approximate surface area is 131 Å². The van der Waals surface area contributed by atoms with Gasteiger partial charge in [-0.15, -0.1) is 11.3 Å². The van der Waals surface area contributed by atoms with E-state index in [4.69, 9.17) is 0 Å². The summed E-state index contributed by atoms with van der Waals surface area (Å²) in [7, 11) is -3.91. The van der Waals surface area contributed by atoms with Crippen molar-refractivity contribution < 1.29 is 18.3 Å². The number of amides is 1. The highest BCUT2D eigenvalue weighted by molar-refractivity contribution is 7.92. The first-order valence-electron chi connectivity index (χ1n) is 6.48. The number of anilines is 1. The van der Waals surface area contributed by atoms with E-state index >= 15 is 0 Å². The van der Waals surface area contributed by atoms with E-state index in [2.05, 4.69) is 4.98 Å². The van der Waals surface area contributed by atoms with E-state index in [1.807, 2.05) is 4.72 Å². The van der Waals surface area contributed by atoms with E-state index in [-0.39, 0.29) is 18.0 Å². The summed E-state index contributed by atoms with van der Waals surface area (Å²) in [4.78, 5) is 16.4. The maximum atomic E-state index is 11.8. The van der Waals surface area contributed by atoms with Crippen LogP contribution in [0.2, 0.25) is 0 Å². The molecule has 2 aromatic rings. The van der Waals surface area contributed by atoms with Crippen LogP contribution in [-0.2, 0) is 27.8 Å². The van der Waals surface area contributed by atoms with Crippen LogP contribution in [0.3, 0.4) is 0 Å². The Bertz CT molecular complexity index is 803. The largest absolute Gasteiger partial charge is 0.506 e. The lowest BCUT2D eigenvalue weighted by Gasteiger charge is -2.16. The van der Waals surface area contributed by atoms with Crippen LogP contribution in [0.1, 0.15) is 10.4 Å². The van der Waals surface area contributed by atoms with Gasteiger partial charge in [0.2, 0.25) is 0 Å². The van der Waals surface area contributed by atoms with Gasteiger partial charge in [0.25, 0.3) is 5.91 Å². The predicted molar refractivity (Wildman–Crippen MR) is 82.0 cm³/mol. The first-order chi connectivity index (χ1) is 10.5. The molecule has 2 heterocycles. The second-order valence-electron chi connectivity index (χ2n) is 4.83. The quantitative estimate of drug-likeness (QED) is 0.859. The number of aromatic nitrogens is 1. The summed E-state index contributed by atoms with van der Waals surface area (Å²) in [5.41, 5.74) is 2.74. The number of carbonyl (C=O) groups is 1. The van der Waals surface area contributed by atoms with Gasteiger partial charge in [0.15, 0.2) is 0 Å². The maximum absolute atomic E-state index is 11.8. The van der Waals surface area contributed by atoms with Gasteiger partial charge in [0.05, 0.1) is 11.2 Å². The lowest BCUT2D eigenvalue weighted by molar-refractivity contribution is -0.117. The van der Waals surface area contributed by atoms with Crippen LogP contribution < -0.4 is 9.03 Å². The smallest absolute Gasteiger partial charge is 0.326 e. The number of hydrogen-bond acceptors (Lipinski definition) is 6. The highest BCUT2D eigenvalue weighted by atomic mass is 32.2. The molecule has 3 rings (SSSR count). The number of carbonyl (C=O) groups excluding carboxylic acids is 1. The van der Waals surface area contributed by atoms with Gasteiger partial charge < -0.3 is 5.11 Å². The number of phenolic OH excluding ortho intramolecular Hbond substituents is 1. The van der Waals surface area contributed by atoms with Gasteiger partial charge in [0, 0.05) is 11.1 Å². The molecule has 1 fully saturated rings. The molecule has 1 amide bonds. The summed E-state index contributed by atoms with van der Waals surface area (Å²) in [6.07, 6.45) is 3.30. The highest BCUT2D eigenvalue weighted by Crippen LogP contribution is 2.31. The van der Waals surface area contributed by atoms with Crippen molar-refractivity contribution in [1.82, 2.24) is 9.71 Å². The Morgan fingerprint density at radius 3 is 2.77 bits per heavy atom. The third-order valence-electron chi connectivity index (χ3n) is 3.27. The van der Waals surface area contributed by atoms with Crippen molar-refractivity contribution in [2.45, 2.75) is 12.8 Å². The molecule has 0 unspecified atom stereocenters. The van der Waals surface area contributed by atoms with Gasteiger partial charge in [-0.1, -0.05) is 6.07 Å². The average molecular weight is 339 g/mol. The highest BCUT2D eigenvalue weighted by Gasteiger charge is 2.35. The van der Waals surface area contributed by atoms with Crippen molar-refractivity contribution in [2.75, 3.05) is 10.8 Å². The molecule has 0 saturated carbocycles. The third-order valence-corrected chi connectivity index (χ3v) is 5.50. The first kappa shape index (κ1) is 14.8. The van der Waals surface area contributed by atoms with Crippen molar-refractivity contribution in [3.8, 4) is 5.75 Å². The Kier molecular flexibility index (Phi) is 3.75. The minimum Gasteiger partial charge on any atom is -0.506 e. The van der Waals surface area contributed by atoms with Crippen LogP contribution in [0.5, 0.6) is 5.75 Å². The first-order valence-corrected chi connectivity index (χ1v) is 8.80. The second-order valence-corrected chi connectivity index (χ2v) is 7.39. The Balaban J connectivity index is 1.79. The van der Waals surface area contributed by atoms with Crippen LogP contribution >= 0.6 is 11.3 Å². The monoisotopic (exact) mass is 339 g/mol. The van der Waals surface area contributed by atoms with Gasteiger partial charge in [-0.25, -0.2) is 9.03 Å². The molecule has 1 aliphatic heterocycles. The molecular weight excluding hydrogens is 326 g/mol. The van der Waals surface area contributed by atoms with Crippen LogP contribution in [0.4, 0.5) is 5.69 Å². The summed E-state index contributed by atoms with van der Waals surface area (Å²) < 4.78 is 26.3. The fourth-order valence-electron chi connectivity index (χ4n) is 2.23. The predicted octanol–water partition coefficient (Wildman–Crippen LogP) is 0.815. The number of hydrogen-bond donors (Lipinski definition) is 2. The zero-order valence-electron chi connectivity index (χ0n) is 11.4. The Morgan fingerprint density at radius 2 is 2.18 bits per heavy atom. The minimum atomic E-state index is -3.91. The number of phenols is 1. The lowest BCUT2D eigenvalue weighted by Crippen LogP contribution is -2.29. The fraction of sp³-hybridized carbons (Fsp3) is 0.231. The summed E-state index contributed by atoms with van der Waals surface area (Å²) in [5, 5.41) is 10.1. The number of benzene rings is 1. The van der Waals surface area contributed by atoms with E-state index in [1.54, 1.807) is 29.1 Å². The molecule has 0 atom stereocenters. The normalized spacial score (nSPS) is 16.7. The van der Waals surface area contributed by atoms with Crippen molar-refractivity contribution in [1.29, 1.82) is 0 Å². The topological polar surface area (TPSA) is 99.6 Å². The minimum absolute atomic E-state index is 0.0971. The molecule has 0 spiro atoms. The molecule has 1 aliphatic rings. The standard InChI is InChI=1S/C13H13N3O4S2/c17-12-5-9(1-3-10-6-14-8-21-10)2-4-11(12)16-7-13(18)15-22(16,19)20/h2,4-6,8,17H,1,3,7H2,(H,15,18). The van der Waals surface area contributed by atoms with E-state index < -0.39 is 16.1 Å². The van der Waals surface area contributed by atoms with Crippen LogP contribution in [0, 0.1) is 0 Å². The molecule has 1 aromatic heterocycles. The summed E-state index contributed by atoms with van der Waals surface area (Å²) in [6, 6.07) is 4.78. The van der Waals surface area contributed by atoms with Crippen molar-refractivity contribution in [3.05, 3.63) is 40.3 Å². The summed E-state index contributed by atoms with van der Waals surface area (Å²) in [5.74, 6) is -0.782.